The molecule has 1 saturated heterocycles. The predicted octanol–water partition coefficient (Wildman–Crippen LogP) is 3.99. The molecule has 0 bridgehead atoms. The lowest BCUT2D eigenvalue weighted by Crippen LogP contribution is -2.49. The molecule has 3 aromatic rings. The van der Waals surface area contributed by atoms with Crippen LogP contribution in [0.1, 0.15) is 27.7 Å². The maximum Gasteiger partial charge on any atom is 0.495 e. The van der Waals surface area contributed by atoms with Gasteiger partial charge in [-0.1, -0.05) is 66.8 Å². The molecule has 1 heterocycles. The molecule has 134 valence electrons. The van der Waals surface area contributed by atoms with Gasteiger partial charge in [-0.15, -0.1) is 0 Å². The van der Waals surface area contributed by atoms with E-state index in [9.17, 15) is 0 Å². The van der Waals surface area contributed by atoms with Gasteiger partial charge in [-0.05, 0) is 54.7 Å². The molecule has 26 heavy (non-hydrogen) atoms. The highest BCUT2D eigenvalue weighted by atomic mass is 28.3. The summed E-state index contributed by atoms with van der Waals surface area (Å²) in [6, 6.07) is 17.5. The molecule has 0 aromatic heterocycles. The zero-order chi connectivity index (χ0) is 18.7. The molecule has 0 radical (unpaired) electrons. The van der Waals surface area contributed by atoms with Gasteiger partial charge in [0.1, 0.15) is 0 Å². The van der Waals surface area contributed by atoms with Gasteiger partial charge in [-0.2, -0.15) is 0 Å². The number of fused-ring (bicyclic) bond motifs is 3. The predicted molar refractivity (Wildman–Crippen MR) is 116 cm³/mol. The summed E-state index contributed by atoms with van der Waals surface area (Å²) < 4.78 is 13.0. The third kappa shape index (κ3) is 2.55. The molecule has 2 nitrogen and oxygen atoms in total. The fourth-order valence-electron chi connectivity index (χ4n) is 4.03. The van der Waals surface area contributed by atoms with Crippen LogP contribution in [0.5, 0.6) is 0 Å². The van der Waals surface area contributed by atoms with E-state index in [-0.39, 0.29) is 18.3 Å². The average molecular weight is 362 g/mol. The highest BCUT2D eigenvalue weighted by Gasteiger charge is 2.52. The van der Waals surface area contributed by atoms with Crippen molar-refractivity contribution in [3.8, 4) is 0 Å². The molecular formula is C22H27BO2Si. The van der Waals surface area contributed by atoms with Crippen LogP contribution in [0.2, 0.25) is 13.1 Å². The van der Waals surface area contributed by atoms with Crippen LogP contribution < -0.4 is 10.6 Å². The van der Waals surface area contributed by atoms with E-state index in [0.29, 0.717) is 0 Å². The first-order chi connectivity index (χ1) is 12.2. The Balaban J connectivity index is 2.09. The quantitative estimate of drug-likeness (QED) is 0.507. The molecule has 0 atom stereocenters. The first-order valence-corrected chi connectivity index (χ1v) is 12.4. The van der Waals surface area contributed by atoms with Crippen LogP contribution in [0.15, 0.2) is 48.5 Å². The normalized spacial score (nSPS) is 19.0. The zero-order valence-corrected chi connectivity index (χ0v) is 17.7. The van der Waals surface area contributed by atoms with Gasteiger partial charge >= 0.3 is 7.12 Å². The molecule has 0 N–H and O–H groups in total. The summed E-state index contributed by atoms with van der Waals surface area (Å²) in [5.41, 5.74) is 0.583. The standard InChI is InChI=1S/C22H27BO2Si/c1-21(2)22(3,4)25-23(24-21)19-17-13-9-7-11-15(17)16-12-8-10-14-18(16)20(19)26(5)6/h7-14,26H,1-6H3. The lowest BCUT2D eigenvalue weighted by molar-refractivity contribution is 0.00578. The third-order valence-corrected chi connectivity index (χ3v) is 7.86. The van der Waals surface area contributed by atoms with Crippen molar-refractivity contribution in [2.75, 3.05) is 0 Å². The maximum absolute atomic E-state index is 6.50. The summed E-state index contributed by atoms with van der Waals surface area (Å²) in [6.45, 7) is 13.3. The molecule has 1 aliphatic heterocycles. The van der Waals surface area contributed by atoms with Crippen LogP contribution in [0.25, 0.3) is 21.5 Å². The van der Waals surface area contributed by atoms with Crippen molar-refractivity contribution in [3.63, 3.8) is 0 Å². The zero-order valence-electron chi connectivity index (χ0n) is 16.6. The lowest BCUT2D eigenvalue weighted by atomic mass is 9.74. The van der Waals surface area contributed by atoms with Crippen molar-refractivity contribution < 1.29 is 9.31 Å². The number of benzene rings is 3. The van der Waals surface area contributed by atoms with Crippen molar-refractivity contribution in [2.45, 2.75) is 52.0 Å². The Morgan fingerprint density at radius 1 is 0.692 bits per heavy atom. The molecule has 0 aliphatic carbocycles. The summed E-state index contributed by atoms with van der Waals surface area (Å²) in [5.74, 6) is 0. The van der Waals surface area contributed by atoms with Crippen molar-refractivity contribution >= 4 is 48.1 Å². The van der Waals surface area contributed by atoms with E-state index in [1.165, 1.54) is 32.2 Å². The van der Waals surface area contributed by atoms with Gasteiger partial charge in [0.15, 0.2) is 0 Å². The van der Waals surface area contributed by atoms with Gasteiger partial charge in [0.05, 0.1) is 20.0 Å². The molecular weight excluding hydrogens is 335 g/mol. The van der Waals surface area contributed by atoms with Crippen LogP contribution in [0, 0.1) is 0 Å². The minimum Gasteiger partial charge on any atom is -0.399 e. The van der Waals surface area contributed by atoms with E-state index < -0.39 is 8.80 Å². The van der Waals surface area contributed by atoms with Gasteiger partial charge in [0.25, 0.3) is 0 Å². The van der Waals surface area contributed by atoms with Crippen LogP contribution >= 0.6 is 0 Å². The minimum absolute atomic E-state index is 0.320. The summed E-state index contributed by atoms with van der Waals surface area (Å²) in [5, 5.41) is 6.71. The minimum atomic E-state index is -1.13. The Morgan fingerprint density at radius 3 is 1.62 bits per heavy atom. The summed E-state index contributed by atoms with van der Waals surface area (Å²) in [4.78, 5) is 0. The molecule has 4 rings (SSSR count). The third-order valence-electron chi connectivity index (χ3n) is 6.08. The van der Waals surface area contributed by atoms with Crippen molar-refractivity contribution in [1.82, 2.24) is 0 Å². The second-order valence-electron chi connectivity index (χ2n) is 8.66. The Morgan fingerprint density at radius 2 is 1.12 bits per heavy atom. The molecule has 0 unspecified atom stereocenters. The van der Waals surface area contributed by atoms with Gasteiger partial charge in [0, 0.05) is 0 Å². The molecule has 0 amide bonds. The Labute approximate surface area is 158 Å². The van der Waals surface area contributed by atoms with Crippen molar-refractivity contribution in [3.05, 3.63) is 48.5 Å². The molecule has 1 aliphatic rings. The smallest absolute Gasteiger partial charge is 0.399 e. The second-order valence-corrected chi connectivity index (χ2v) is 11.5. The Hall–Kier alpha value is -1.62. The number of hydrogen-bond acceptors (Lipinski definition) is 2. The SMILES string of the molecule is C[SiH](C)c1c(B2OC(C)(C)C(C)(C)O2)c2ccccc2c2ccccc12. The summed E-state index contributed by atoms with van der Waals surface area (Å²) in [7, 11) is -1.45. The van der Waals surface area contributed by atoms with E-state index in [0.717, 1.165) is 0 Å². The highest BCUT2D eigenvalue weighted by Crippen LogP contribution is 2.37. The largest absolute Gasteiger partial charge is 0.495 e. The first kappa shape index (κ1) is 17.8. The van der Waals surface area contributed by atoms with E-state index in [1.54, 1.807) is 0 Å². The Kier molecular flexibility index (Phi) is 4.07. The maximum atomic E-state index is 6.50. The van der Waals surface area contributed by atoms with Crippen LogP contribution in [-0.4, -0.2) is 27.1 Å². The fraction of sp³-hybridized carbons (Fsp3) is 0.364. The molecule has 0 spiro atoms. The number of rotatable bonds is 2. The monoisotopic (exact) mass is 362 g/mol. The van der Waals surface area contributed by atoms with Crippen molar-refractivity contribution in [2.24, 2.45) is 0 Å². The van der Waals surface area contributed by atoms with Gasteiger partial charge < -0.3 is 9.31 Å². The molecule has 3 aromatic carbocycles. The van der Waals surface area contributed by atoms with E-state index >= 15 is 0 Å². The second kappa shape index (κ2) is 5.95. The van der Waals surface area contributed by atoms with E-state index in [4.69, 9.17) is 9.31 Å². The van der Waals surface area contributed by atoms with E-state index in [2.05, 4.69) is 89.3 Å². The van der Waals surface area contributed by atoms with Gasteiger partial charge in [0.2, 0.25) is 0 Å². The van der Waals surface area contributed by atoms with Crippen LogP contribution in [0.3, 0.4) is 0 Å². The Bertz CT molecular complexity index is 978. The summed E-state index contributed by atoms with van der Waals surface area (Å²) in [6.07, 6.45) is 0. The average Bonchev–Trinajstić information content (AvgIpc) is 2.80. The molecule has 0 saturated carbocycles. The molecule has 1 fully saturated rings. The first-order valence-electron chi connectivity index (χ1n) is 9.52. The van der Waals surface area contributed by atoms with Gasteiger partial charge in [-0.3, -0.25) is 0 Å². The topological polar surface area (TPSA) is 18.5 Å². The van der Waals surface area contributed by atoms with Gasteiger partial charge in [-0.25, -0.2) is 0 Å². The lowest BCUT2D eigenvalue weighted by Gasteiger charge is -2.32. The number of hydrogen-bond donors (Lipinski definition) is 0. The highest BCUT2D eigenvalue weighted by molar-refractivity contribution is 6.83. The molecule has 4 heteroatoms. The van der Waals surface area contributed by atoms with Crippen molar-refractivity contribution in [1.29, 1.82) is 0 Å². The van der Waals surface area contributed by atoms with E-state index in [1.807, 2.05) is 0 Å². The van der Waals surface area contributed by atoms with Crippen LogP contribution in [0.4, 0.5) is 0 Å². The van der Waals surface area contributed by atoms with Crippen LogP contribution in [-0.2, 0) is 9.31 Å². The summed E-state index contributed by atoms with van der Waals surface area (Å²) >= 11 is 0. The fourth-order valence-corrected chi connectivity index (χ4v) is 5.82.